The molecular weight excluding hydrogens is 633 g/mol. The van der Waals surface area contributed by atoms with Crippen molar-refractivity contribution in [3.63, 3.8) is 0 Å². The molecule has 0 saturated heterocycles. The molecule has 1 aliphatic carbocycles. The van der Waals surface area contributed by atoms with Gasteiger partial charge in [-0.15, -0.1) is 0 Å². The van der Waals surface area contributed by atoms with E-state index in [1.54, 1.807) is 18.2 Å². The topological polar surface area (TPSA) is 36.8 Å². The van der Waals surface area contributed by atoms with E-state index in [2.05, 4.69) is 78.1 Å². The Balaban J connectivity index is 1.11. The fourth-order valence-corrected chi connectivity index (χ4v) is 7.69. The summed E-state index contributed by atoms with van der Waals surface area (Å²) in [6.45, 7) is 0. The van der Waals surface area contributed by atoms with Gasteiger partial charge < -0.3 is 5.32 Å². The number of rotatable bonds is 4. The smallest absolute Gasteiger partial charge is 0.299 e. The average Bonchev–Trinajstić information content (AvgIpc) is 3.42. The van der Waals surface area contributed by atoms with Gasteiger partial charge in [0.1, 0.15) is 12.0 Å². The first-order chi connectivity index (χ1) is 25.0. The maximum Gasteiger partial charge on any atom is 0.299 e. The van der Waals surface area contributed by atoms with Crippen molar-refractivity contribution in [2.75, 3.05) is 0 Å². The molecule has 0 fully saturated rings. The van der Waals surface area contributed by atoms with Gasteiger partial charge >= 0.3 is 0 Å². The number of benzene rings is 8. The maximum absolute atomic E-state index is 15.7. The van der Waals surface area contributed by atoms with Gasteiger partial charge in [-0.25, -0.2) is 9.98 Å². The highest BCUT2D eigenvalue weighted by Crippen LogP contribution is 2.52. The van der Waals surface area contributed by atoms with Crippen LogP contribution in [0.3, 0.4) is 0 Å². The van der Waals surface area contributed by atoms with Gasteiger partial charge in [0.15, 0.2) is 5.84 Å². The summed E-state index contributed by atoms with van der Waals surface area (Å²) in [5.41, 5.74) is 5.78. The van der Waals surface area contributed by atoms with Crippen molar-refractivity contribution in [1.29, 1.82) is 0 Å². The molecule has 0 spiro atoms. The number of hydrogen-bond acceptors (Lipinski definition) is 3. The second kappa shape index (κ2) is 11.3. The van der Waals surface area contributed by atoms with E-state index in [-0.39, 0.29) is 17.3 Å². The molecule has 8 aromatic carbocycles. The molecule has 1 N–H and O–H groups in total. The highest BCUT2D eigenvalue weighted by atomic mass is 19.3. The summed E-state index contributed by atoms with van der Waals surface area (Å²) in [7, 11) is 0. The summed E-state index contributed by atoms with van der Waals surface area (Å²) >= 11 is 0. The van der Waals surface area contributed by atoms with Gasteiger partial charge in [-0.3, -0.25) is 0 Å². The van der Waals surface area contributed by atoms with Crippen LogP contribution in [0.2, 0.25) is 0 Å². The van der Waals surface area contributed by atoms with Crippen molar-refractivity contribution < 1.29 is 8.78 Å². The monoisotopic (exact) mass is 661 g/mol. The van der Waals surface area contributed by atoms with Crippen molar-refractivity contribution >= 4 is 44.0 Å². The average molecular weight is 662 g/mol. The first-order valence-electron chi connectivity index (χ1n) is 17.1. The van der Waals surface area contributed by atoms with Crippen LogP contribution in [0.25, 0.3) is 54.6 Å². The van der Waals surface area contributed by atoms with E-state index >= 15 is 8.78 Å². The fraction of sp³-hybridized carbons (Fsp3) is 0.0435. The standard InChI is InChI=1S/C46H29F2N3/c47-46(48)41-16-8-7-15-38(41)39-22-21-32(27-42(39)46)35-23-24-40(37-14-6-5-13-36(35)37)45-50-43(33-19-17-28-9-1-3-11-30(28)25-33)49-44(51-45)34-20-18-29-10-2-4-12-31(29)26-34/h1-27,43H,(H,49,50,51). The number of hydrogen-bond donors (Lipinski definition) is 1. The molecule has 1 unspecified atom stereocenters. The Kier molecular flexibility index (Phi) is 6.52. The summed E-state index contributed by atoms with van der Waals surface area (Å²) in [4.78, 5) is 10.3. The minimum absolute atomic E-state index is 0.0437. The largest absolute Gasteiger partial charge is 0.344 e. The molecule has 1 aliphatic heterocycles. The Labute approximate surface area is 293 Å². The van der Waals surface area contributed by atoms with Crippen LogP contribution in [0.1, 0.15) is 34.0 Å². The van der Waals surface area contributed by atoms with Crippen molar-refractivity contribution in [2.45, 2.75) is 12.1 Å². The molecule has 0 aromatic heterocycles. The second-order valence-corrected chi connectivity index (χ2v) is 13.2. The molecular formula is C46H29F2N3. The van der Waals surface area contributed by atoms with Crippen molar-refractivity contribution in [3.05, 3.63) is 192 Å². The normalized spacial score (nSPS) is 16.0. The van der Waals surface area contributed by atoms with Crippen molar-refractivity contribution in [1.82, 2.24) is 5.32 Å². The van der Waals surface area contributed by atoms with Gasteiger partial charge in [-0.05, 0) is 78.3 Å². The summed E-state index contributed by atoms with van der Waals surface area (Å²) in [6, 6.07) is 53.8. The number of aliphatic imine (C=N–C) groups is 2. The van der Waals surface area contributed by atoms with Crippen molar-refractivity contribution in [2.24, 2.45) is 9.98 Å². The minimum atomic E-state index is -3.06. The lowest BCUT2D eigenvalue weighted by molar-refractivity contribution is 0.0480. The predicted octanol–water partition coefficient (Wildman–Crippen LogP) is 11.4. The number of amidine groups is 2. The molecule has 1 heterocycles. The highest BCUT2D eigenvalue weighted by Gasteiger charge is 2.44. The molecule has 3 nitrogen and oxygen atoms in total. The maximum atomic E-state index is 15.7. The van der Waals surface area contributed by atoms with Crippen LogP contribution in [-0.4, -0.2) is 11.7 Å². The molecule has 5 heteroatoms. The van der Waals surface area contributed by atoms with E-state index < -0.39 is 5.92 Å². The zero-order valence-electron chi connectivity index (χ0n) is 27.3. The molecule has 10 rings (SSSR count). The summed E-state index contributed by atoms with van der Waals surface area (Å²) < 4.78 is 31.5. The third-order valence-electron chi connectivity index (χ3n) is 10.2. The van der Waals surface area contributed by atoms with Crippen molar-refractivity contribution in [3.8, 4) is 22.3 Å². The molecule has 1 atom stereocenters. The van der Waals surface area contributed by atoms with Gasteiger partial charge in [-0.1, -0.05) is 146 Å². The van der Waals surface area contributed by atoms with E-state index in [1.165, 1.54) is 11.5 Å². The lowest BCUT2D eigenvalue weighted by atomic mass is 9.92. The van der Waals surface area contributed by atoms with Crippen LogP contribution >= 0.6 is 0 Å². The third kappa shape index (κ3) is 4.77. The first kappa shape index (κ1) is 29.5. The lowest BCUT2D eigenvalue weighted by Gasteiger charge is -2.25. The van der Waals surface area contributed by atoms with Crippen LogP contribution in [0.4, 0.5) is 8.78 Å². The SMILES string of the molecule is FC1(F)c2ccccc2-c2ccc(-c3ccc(C4=NC(c5ccc6ccccc6c5)=NC(c5ccc6ccccc6c5)N4)c4ccccc34)cc21. The van der Waals surface area contributed by atoms with Crippen LogP contribution in [0.5, 0.6) is 0 Å². The molecule has 2 aliphatic rings. The highest BCUT2D eigenvalue weighted by molar-refractivity contribution is 6.19. The molecule has 0 radical (unpaired) electrons. The molecule has 0 saturated carbocycles. The van der Waals surface area contributed by atoms with Gasteiger partial charge in [0.25, 0.3) is 5.92 Å². The van der Waals surface area contributed by atoms with Gasteiger partial charge in [0, 0.05) is 22.3 Å². The Morgan fingerprint density at radius 3 is 1.86 bits per heavy atom. The van der Waals surface area contributed by atoms with E-state index in [4.69, 9.17) is 9.98 Å². The van der Waals surface area contributed by atoms with E-state index in [1.807, 2.05) is 66.7 Å². The second-order valence-electron chi connectivity index (χ2n) is 13.2. The molecule has 51 heavy (non-hydrogen) atoms. The number of fused-ring (bicyclic) bond motifs is 6. The zero-order valence-corrected chi connectivity index (χ0v) is 27.3. The summed E-state index contributed by atoms with van der Waals surface area (Å²) in [5, 5.41) is 10.2. The Bertz CT molecular complexity index is 2780. The fourth-order valence-electron chi connectivity index (χ4n) is 7.69. The number of halogens is 2. The molecule has 0 bridgehead atoms. The molecule has 0 amide bonds. The number of nitrogens with zero attached hydrogens (tertiary/aromatic N) is 2. The minimum Gasteiger partial charge on any atom is -0.344 e. The Hall–Kier alpha value is -6.46. The predicted molar refractivity (Wildman–Crippen MR) is 205 cm³/mol. The Morgan fingerprint density at radius 2 is 1.06 bits per heavy atom. The molecule has 242 valence electrons. The zero-order chi connectivity index (χ0) is 34.1. The number of nitrogens with one attached hydrogen (secondary N) is 1. The van der Waals surface area contributed by atoms with Gasteiger partial charge in [-0.2, -0.15) is 8.78 Å². The quantitative estimate of drug-likeness (QED) is 0.200. The third-order valence-corrected chi connectivity index (χ3v) is 10.2. The van der Waals surface area contributed by atoms with Crippen LogP contribution in [-0.2, 0) is 5.92 Å². The molecule has 8 aromatic rings. The lowest BCUT2D eigenvalue weighted by Crippen LogP contribution is -2.33. The number of alkyl halides is 2. The van der Waals surface area contributed by atoms with E-state index in [0.29, 0.717) is 22.8 Å². The van der Waals surface area contributed by atoms with Crippen LogP contribution < -0.4 is 5.32 Å². The van der Waals surface area contributed by atoms with Gasteiger partial charge in [0.05, 0.1) is 0 Å². The summed E-state index contributed by atoms with van der Waals surface area (Å²) in [5.74, 6) is -1.72. The van der Waals surface area contributed by atoms with Gasteiger partial charge in [0.2, 0.25) is 0 Å². The summed E-state index contributed by atoms with van der Waals surface area (Å²) in [6.07, 6.45) is -0.386. The van der Waals surface area contributed by atoms with E-state index in [0.717, 1.165) is 54.7 Å². The van der Waals surface area contributed by atoms with Crippen LogP contribution in [0, 0.1) is 0 Å². The Morgan fingerprint density at radius 1 is 0.471 bits per heavy atom. The van der Waals surface area contributed by atoms with E-state index in [9.17, 15) is 0 Å². The van der Waals surface area contributed by atoms with Crippen LogP contribution in [0.15, 0.2) is 174 Å². The first-order valence-corrected chi connectivity index (χ1v) is 17.1.